The second-order valence-corrected chi connectivity index (χ2v) is 5.70. The average molecular weight is 375 g/mol. The fourth-order valence-corrected chi connectivity index (χ4v) is 2.36. The summed E-state index contributed by atoms with van der Waals surface area (Å²) in [6.07, 6.45) is 0. The van der Waals surface area contributed by atoms with E-state index in [0.717, 1.165) is 0 Å². The van der Waals surface area contributed by atoms with Gasteiger partial charge in [-0.3, -0.25) is 14.4 Å². The van der Waals surface area contributed by atoms with Gasteiger partial charge in [-0.05, 0) is 59.3 Å². The monoisotopic (exact) mass is 374 g/mol. The lowest BCUT2D eigenvalue weighted by Gasteiger charge is -2.08. The molecule has 2 aromatic rings. The molecule has 0 aliphatic rings. The van der Waals surface area contributed by atoms with Crippen molar-refractivity contribution in [2.24, 2.45) is 0 Å². The third-order valence-electron chi connectivity index (χ3n) is 3.10. The number of anilines is 1. The van der Waals surface area contributed by atoms with Crippen LogP contribution >= 0.6 is 15.9 Å². The summed E-state index contributed by atoms with van der Waals surface area (Å²) in [6.45, 7) is 1.33. The molecule has 0 bridgehead atoms. The Kier molecular flexibility index (Phi) is 5.65. The average Bonchev–Trinajstić information content (AvgIpc) is 2.53. The molecule has 0 aromatic heterocycles. The Morgan fingerprint density at radius 2 is 1.65 bits per heavy atom. The highest BCUT2D eigenvalue weighted by Crippen LogP contribution is 2.15. The Morgan fingerprint density at radius 1 is 1.00 bits per heavy atom. The lowest BCUT2D eigenvalue weighted by atomic mass is 10.1. The van der Waals surface area contributed by atoms with Gasteiger partial charge < -0.3 is 10.6 Å². The van der Waals surface area contributed by atoms with Gasteiger partial charge in [0.05, 0.1) is 12.1 Å². The molecule has 0 fully saturated rings. The van der Waals surface area contributed by atoms with E-state index in [2.05, 4.69) is 26.6 Å². The Bertz CT molecular complexity index is 742. The van der Waals surface area contributed by atoms with Crippen LogP contribution < -0.4 is 10.6 Å². The summed E-state index contributed by atoms with van der Waals surface area (Å²) in [5, 5.41) is 5.21. The molecule has 23 heavy (non-hydrogen) atoms. The third-order valence-corrected chi connectivity index (χ3v) is 3.79. The van der Waals surface area contributed by atoms with Crippen molar-refractivity contribution >= 4 is 39.2 Å². The quantitative estimate of drug-likeness (QED) is 0.789. The summed E-state index contributed by atoms with van der Waals surface area (Å²) in [6, 6.07) is 13.5. The second-order valence-electron chi connectivity index (χ2n) is 4.84. The van der Waals surface area contributed by atoms with Crippen molar-refractivity contribution in [1.29, 1.82) is 0 Å². The van der Waals surface area contributed by atoms with Crippen molar-refractivity contribution in [3.05, 3.63) is 64.1 Å². The SMILES string of the molecule is CC(=O)c1ccc(NC(=O)CNC(=O)c2ccccc2Br)cc1. The maximum Gasteiger partial charge on any atom is 0.252 e. The first-order chi connectivity index (χ1) is 11.0. The molecule has 0 aliphatic carbocycles. The van der Waals surface area contributed by atoms with E-state index in [-0.39, 0.29) is 24.1 Å². The minimum atomic E-state index is -0.346. The van der Waals surface area contributed by atoms with E-state index in [9.17, 15) is 14.4 Å². The standard InChI is InChI=1S/C17H15BrN2O3/c1-11(21)12-6-8-13(9-7-12)20-16(22)10-19-17(23)14-4-2-3-5-15(14)18/h2-9H,10H2,1H3,(H,19,23)(H,20,22). The van der Waals surface area contributed by atoms with Crippen molar-refractivity contribution < 1.29 is 14.4 Å². The number of Topliss-reactive ketones (excluding diaryl/α,β-unsaturated/α-hetero) is 1. The molecule has 5 nitrogen and oxygen atoms in total. The number of hydrogen-bond donors (Lipinski definition) is 2. The number of benzene rings is 2. The first kappa shape index (κ1) is 16.9. The van der Waals surface area contributed by atoms with Crippen LogP contribution in [0.4, 0.5) is 5.69 Å². The van der Waals surface area contributed by atoms with Crippen LogP contribution in [0.1, 0.15) is 27.6 Å². The van der Waals surface area contributed by atoms with Crippen molar-refractivity contribution in [3.63, 3.8) is 0 Å². The Hall–Kier alpha value is -2.47. The first-order valence-electron chi connectivity index (χ1n) is 6.91. The molecule has 0 saturated heterocycles. The second kappa shape index (κ2) is 7.69. The highest BCUT2D eigenvalue weighted by atomic mass is 79.9. The molecular weight excluding hydrogens is 360 g/mol. The number of rotatable bonds is 5. The van der Waals surface area contributed by atoms with Crippen LogP contribution in [-0.2, 0) is 4.79 Å². The third kappa shape index (κ3) is 4.75. The van der Waals surface area contributed by atoms with Gasteiger partial charge in [0.1, 0.15) is 0 Å². The minimum Gasteiger partial charge on any atom is -0.343 e. The molecule has 6 heteroatoms. The molecule has 0 unspecified atom stereocenters. The molecule has 0 atom stereocenters. The molecule has 2 rings (SSSR count). The largest absolute Gasteiger partial charge is 0.343 e. The van der Waals surface area contributed by atoms with Gasteiger partial charge in [-0.25, -0.2) is 0 Å². The summed E-state index contributed by atoms with van der Waals surface area (Å²) >= 11 is 3.29. The van der Waals surface area contributed by atoms with E-state index in [1.54, 1.807) is 48.5 Å². The zero-order valence-electron chi connectivity index (χ0n) is 12.4. The summed E-state index contributed by atoms with van der Waals surface area (Å²) in [5.74, 6) is -0.718. The maximum absolute atomic E-state index is 12.0. The van der Waals surface area contributed by atoms with Gasteiger partial charge in [0.15, 0.2) is 5.78 Å². The number of carbonyl (C=O) groups excluding carboxylic acids is 3. The fourth-order valence-electron chi connectivity index (χ4n) is 1.89. The van der Waals surface area contributed by atoms with Crippen LogP contribution in [0.2, 0.25) is 0 Å². The highest BCUT2D eigenvalue weighted by Gasteiger charge is 2.11. The molecule has 0 heterocycles. The van der Waals surface area contributed by atoms with E-state index >= 15 is 0 Å². The molecule has 2 N–H and O–H groups in total. The normalized spacial score (nSPS) is 10.0. The van der Waals surface area contributed by atoms with Gasteiger partial charge in [-0.2, -0.15) is 0 Å². The number of ketones is 1. The van der Waals surface area contributed by atoms with E-state index in [0.29, 0.717) is 21.3 Å². The fraction of sp³-hybridized carbons (Fsp3) is 0.118. The van der Waals surface area contributed by atoms with Gasteiger partial charge in [0.2, 0.25) is 5.91 Å². The molecule has 2 amide bonds. The predicted molar refractivity (Wildman–Crippen MR) is 91.6 cm³/mol. The number of amides is 2. The van der Waals surface area contributed by atoms with Gasteiger partial charge in [-0.1, -0.05) is 12.1 Å². The van der Waals surface area contributed by atoms with Crippen LogP contribution in [0.25, 0.3) is 0 Å². The van der Waals surface area contributed by atoms with Crippen molar-refractivity contribution in [2.75, 3.05) is 11.9 Å². The number of hydrogen-bond acceptors (Lipinski definition) is 3. The Labute approximate surface area is 142 Å². The molecule has 0 aliphatic heterocycles. The van der Waals surface area contributed by atoms with E-state index < -0.39 is 0 Å². The molecule has 0 spiro atoms. The minimum absolute atomic E-state index is 0.0384. The summed E-state index contributed by atoms with van der Waals surface area (Å²) in [4.78, 5) is 35.0. The maximum atomic E-state index is 12.0. The number of halogens is 1. The van der Waals surface area contributed by atoms with E-state index in [1.807, 2.05) is 0 Å². The van der Waals surface area contributed by atoms with Gasteiger partial charge in [0.25, 0.3) is 5.91 Å². The van der Waals surface area contributed by atoms with Crippen LogP contribution in [0, 0.1) is 0 Å². The topological polar surface area (TPSA) is 75.3 Å². The summed E-state index contributed by atoms with van der Waals surface area (Å²) < 4.78 is 0.665. The van der Waals surface area contributed by atoms with Gasteiger partial charge >= 0.3 is 0 Å². The van der Waals surface area contributed by atoms with Gasteiger partial charge in [-0.15, -0.1) is 0 Å². The molecule has 0 radical (unpaired) electrons. The van der Waals surface area contributed by atoms with Crippen LogP contribution in [0.3, 0.4) is 0 Å². The summed E-state index contributed by atoms with van der Waals surface area (Å²) in [5.41, 5.74) is 1.60. The van der Waals surface area contributed by atoms with E-state index in [4.69, 9.17) is 0 Å². The first-order valence-corrected chi connectivity index (χ1v) is 7.70. The van der Waals surface area contributed by atoms with Crippen molar-refractivity contribution in [1.82, 2.24) is 5.32 Å². The molecule has 0 saturated carbocycles. The number of nitrogens with one attached hydrogen (secondary N) is 2. The van der Waals surface area contributed by atoms with Gasteiger partial charge in [0, 0.05) is 15.7 Å². The summed E-state index contributed by atoms with van der Waals surface area (Å²) in [7, 11) is 0. The van der Waals surface area contributed by atoms with Crippen LogP contribution in [0.5, 0.6) is 0 Å². The smallest absolute Gasteiger partial charge is 0.252 e. The lowest BCUT2D eigenvalue weighted by Crippen LogP contribution is -2.33. The zero-order valence-corrected chi connectivity index (χ0v) is 14.0. The Morgan fingerprint density at radius 3 is 2.26 bits per heavy atom. The van der Waals surface area contributed by atoms with Crippen molar-refractivity contribution in [3.8, 4) is 0 Å². The van der Waals surface area contributed by atoms with Crippen LogP contribution in [-0.4, -0.2) is 24.1 Å². The zero-order chi connectivity index (χ0) is 16.8. The van der Waals surface area contributed by atoms with E-state index in [1.165, 1.54) is 6.92 Å². The highest BCUT2D eigenvalue weighted by molar-refractivity contribution is 9.10. The van der Waals surface area contributed by atoms with Crippen molar-refractivity contribution in [2.45, 2.75) is 6.92 Å². The Balaban J connectivity index is 1.89. The predicted octanol–water partition coefficient (Wildman–Crippen LogP) is 3.02. The lowest BCUT2D eigenvalue weighted by molar-refractivity contribution is -0.115. The number of carbonyl (C=O) groups is 3. The van der Waals surface area contributed by atoms with Crippen LogP contribution in [0.15, 0.2) is 53.0 Å². The molecule has 118 valence electrons. The molecular formula is C17H15BrN2O3. The molecule has 2 aromatic carbocycles.